The van der Waals surface area contributed by atoms with Gasteiger partial charge in [0.2, 0.25) is 0 Å². The number of carbonyl (C=O) groups is 1. The minimum absolute atomic E-state index is 0.145. The molecule has 1 atom stereocenters. The van der Waals surface area contributed by atoms with Gasteiger partial charge in [0.25, 0.3) is 0 Å². The van der Waals surface area contributed by atoms with Gasteiger partial charge in [-0.05, 0) is 50.4 Å². The van der Waals surface area contributed by atoms with Crippen LogP contribution in [0.4, 0.5) is 0 Å². The van der Waals surface area contributed by atoms with Gasteiger partial charge in [0.1, 0.15) is 0 Å². The zero-order valence-corrected chi connectivity index (χ0v) is 14.0. The number of halogens is 1. The van der Waals surface area contributed by atoms with Gasteiger partial charge in [-0.1, -0.05) is 30.7 Å². The van der Waals surface area contributed by atoms with Gasteiger partial charge in [0.15, 0.2) is 0 Å². The lowest BCUT2D eigenvalue weighted by Crippen LogP contribution is -2.55. The fraction of sp³-hybridized carbons (Fsp3) is 0.588. The standard InChI is InChI=1S/C17H25ClN2O2/c1-3-20(11-17(21)22)16-9-15(10-16)19-12(2)7-13-5-4-6-14(18)8-13/h4-6,8,12,15-16,19H,3,7,9-11H2,1-2H3,(H,21,22). The Bertz CT molecular complexity index is 503. The molecule has 0 bridgehead atoms. The summed E-state index contributed by atoms with van der Waals surface area (Å²) < 4.78 is 0. The molecule has 122 valence electrons. The molecule has 2 N–H and O–H groups in total. The minimum atomic E-state index is -0.743. The highest BCUT2D eigenvalue weighted by molar-refractivity contribution is 6.30. The van der Waals surface area contributed by atoms with Crippen LogP contribution in [0.25, 0.3) is 0 Å². The molecule has 0 spiro atoms. The van der Waals surface area contributed by atoms with E-state index in [4.69, 9.17) is 16.7 Å². The molecule has 1 aromatic rings. The third-order valence-electron chi connectivity index (χ3n) is 4.33. The van der Waals surface area contributed by atoms with Crippen molar-refractivity contribution >= 4 is 17.6 Å². The molecule has 1 saturated carbocycles. The van der Waals surface area contributed by atoms with Crippen molar-refractivity contribution in [1.82, 2.24) is 10.2 Å². The highest BCUT2D eigenvalue weighted by atomic mass is 35.5. The first-order chi connectivity index (χ1) is 10.5. The van der Waals surface area contributed by atoms with Gasteiger partial charge >= 0.3 is 5.97 Å². The van der Waals surface area contributed by atoms with E-state index >= 15 is 0 Å². The molecule has 5 heteroatoms. The topological polar surface area (TPSA) is 52.6 Å². The van der Waals surface area contributed by atoms with E-state index in [0.29, 0.717) is 18.1 Å². The Kier molecular flexibility index (Phi) is 6.24. The summed E-state index contributed by atoms with van der Waals surface area (Å²) in [5, 5.41) is 13.3. The van der Waals surface area contributed by atoms with Crippen molar-refractivity contribution in [3.8, 4) is 0 Å². The molecular weight excluding hydrogens is 300 g/mol. The van der Waals surface area contributed by atoms with Crippen LogP contribution in [-0.4, -0.2) is 47.2 Å². The second kappa shape index (κ2) is 7.95. The van der Waals surface area contributed by atoms with E-state index < -0.39 is 5.97 Å². The highest BCUT2D eigenvalue weighted by Gasteiger charge is 2.34. The second-order valence-corrected chi connectivity index (χ2v) is 6.62. The average molecular weight is 325 g/mol. The predicted molar refractivity (Wildman–Crippen MR) is 89.4 cm³/mol. The third kappa shape index (κ3) is 4.97. The Morgan fingerprint density at radius 3 is 2.82 bits per heavy atom. The van der Waals surface area contributed by atoms with Crippen molar-refractivity contribution in [2.24, 2.45) is 0 Å². The van der Waals surface area contributed by atoms with Crippen molar-refractivity contribution in [3.63, 3.8) is 0 Å². The molecule has 1 aliphatic carbocycles. The highest BCUT2D eigenvalue weighted by Crippen LogP contribution is 2.26. The van der Waals surface area contributed by atoms with Crippen LogP contribution in [-0.2, 0) is 11.2 Å². The fourth-order valence-corrected chi connectivity index (χ4v) is 3.39. The van der Waals surface area contributed by atoms with Crippen molar-refractivity contribution in [1.29, 1.82) is 0 Å². The summed E-state index contributed by atoms with van der Waals surface area (Å²) in [6.07, 6.45) is 3.01. The number of hydrogen-bond acceptors (Lipinski definition) is 3. The summed E-state index contributed by atoms with van der Waals surface area (Å²) in [6, 6.07) is 9.25. The van der Waals surface area contributed by atoms with Gasteiger partial charge < -0.3 is 10.4 Å². The van der Waals surface area contributed by atoms with Crippen molar-refractivity contribution < 1.29 is 9.90 Å². The fourth-order valence-electron chi connectivity index (χ4n) is 3.17. The molecule has 0 aromatic heterocycles. The number of aliphatic carboxylic acids is 1. The number of benzene rings is 1. The summed E-state index contributed by atoms with van der Waals surface area (Å²) in [4.78, 5) is 12.9. The number of hydrogen-bond donors (Lipinski definition) is 2. The van der Waals surface area contributed by atoms with Gasteiger partial charge in [-0.2, -0.15) is 0 Å². The summed E-state index contributed by atoms with van der Waals surface area (Å²) in [5.41, 5.74) is 1.24. The van der Waals surface area contributed by atoms with Gasteiger partial charge in [0, 0.05) is 23.1 Å². The third-order valence-corrected chi connectivity index (χ3v) is 4.56. The van der Waals surface area contributed by atoms with Gasteiger partial charge in [-0.3, -0.25) is 9.69 Å². The lowest BCUT2D eigenvalue weighted by molar-refractivity contribution is -0.139. The van der Waals surface area contributed by atoms with Crippen LogP contribution < -0.4 is 5.32 Å². The van der Waals surface area contributed by atoms with Crippen LogP contribution in [0.2, 0.25) is 5.02 Å². The van der Waals surface area contributed by atoms with Crippen LogP contribution in [0, 0.1) is 0 Å². The molecule has 0 saturated heterocycles. The quantitative estimate of drug-likeness (QED) is 0.772. The first-order valence-electron chi connectivity index (χ1n) is 7.94. The van der Waals surface area contributed by atoms with Gasteiger partial charge in [-0.25, -0.2) is 0 Å². The first-order valence-corrected chi connectivity index (χ1v) is 8.32. The zero-order chi connectivity index (χ0) is 16.1. The van der Waals surface area contributed by atoms with E-state index in [0.717, 1.165) is 30.8 Å². The van der Waals surface area contributed by atoms with Gasteiger partial charge in [0.05, 0.1) is 6.54 Å². The molecule has 1 unspecified atom stereocenters. The zero-order valence-electron chi connectivity index (χ0n) is 13.3. The summed E-state index contributed by atoms with van der Waals surface area (Å²) >= 11 is 6.01. The Labute approximate surface area is 137 Å². The van der Waals surface area contributed by atoms with Crippen LogP contribution in [0.5, 0.6) is 0 Å². The largest absolute Gasteiger partial charge is 0.480 e. The maximum Gasteiger partial charge on any atom is 0.317 e. The molecule has 1 aromatic carbocycles. The monoisotopic (exact) mass is 324 g/mol. The smallest absolute Gasteiger partial charge is 0.317 e. The van der Waals surface area contributed by atoms with Crippen LogP contribution in [0.1, 0.15) is 32.3 Å². The Morgan fingerprint density at radius 1 is 1.50 bits per heavy atom. The summed E-state index contributed by atoms with van der Waals surface area (Å²) in [5.74, 6) is -0.743. The molecule has 0 heterocycles. The van der Waals surface area contributed by atoms with Gasteiger partial charge in [-0.15, -0.1) is 0 Å². The van der Waals surface area contributed by atoms with E-state index in [1.165, 1.54) is 5.56 Å². The number of likely N-dealkylation sites (N-methyl/N-ethyl adjacent to an activating group) is 1. The van der Waals surface area contributed by atoms with Crippen molar-refractivity contribution in [2.45, 2.75) is 51.2 Å². The second-order valence-electron chi connectivity index (χ2n) is 6.18. The number of rotatable bonds is 8. The van der Waals surface area contributed by atoms with E-state index in [-0.39, 0.29) is 6.54 Å². The summed E-state index contributed by atoms with van der Waals surface area (Å²) in [7, 11) is 0. The Morgan fingerprint density at radius 2 is 2.23 bits per heavy atom. The molecule has 0 aliphatic heterocycles. The Hall–Kier alpha value is -1.10. The number of carboxylic acids is 1. The van der Waals surface area contributed by atoms with E-state index in [2.05, 4.69) is 18.3 Å². The van der Waals surface area contributed by atoms with Crippen molar-refractivity contribution in [3.05, 3.63) is 34.9 Å². The maximum atomic E-state index is 10.8. The number of carboxylic acid groups (broad SMARTS) is 1. The minimum Gasteiger partial charge on any atom is -0.480 e. The van der Waals surface area contributed by atoms with Crippen LogP contribution in [0.3, 0.4) is 0 Å². The molecular formula is C17H25ClN2O2. The van der Waals surface area contributed by atoms with Crippen molar-refractivity contribution in [2.75, 3.05) is 13.1 Å². The number of nitrogens with zero attached hydrogens (tertiary/aromatic N) is 1. The maximum absolute atomic E-state index is 10.8. The lowest BCUT2D eigenvalue weighted by atomic mass is 9.84. The molecule has 0 radical (unpaired) electrons. The van der Waals surface area contributed by atoms with Crippen LogP contribution >= 0.6 is 11.6 Å². The summed E-state index contributed by atoms with van der Waals surface area (Å²) in [6.45, 7) is 5.14. The number of nitrogens with one attached hydrogen (secondary N) is 1. The lowest BCUT2D eigenvalue weighted by Gasteiger charge is -2.43. The van der Waals surface area contributed by atoms with Crippen LogP contribution in [0.15, 0.2) is 24.3 Å². The average Bonchev–Trinajstić information content (AvgIpc) is 2.40. The van der Waals surface area contributed by atoms with E-state index in [1.54, 1.807) is 0 Å². The predicted octanol–water partition coefficient (Wildman–Crippen LogP) is 2.80. The normalized spacial score (nSPS) is 22.4. The molecule has 0 amide bonds. The van der Waals surface area contributed by atoms with E-state index in [1.807, 2.05) is 30.0 Å². The molecule has 4 nitrogen and oxygen atoms in total. The molecule has 22 heavy (non-hydrogen) atoms. The SMILES string of the molecule is CCN(CC(=O)O)C1CC(NC(C)Cc2cccc(Cl)c2)C1. The molecule has 1 fully saturated rings. The first kappa shape index (κ1) is 17.3. The molecule has 2 rings (SSSR count). The Balaban J connectivity index is 1.73. The molecule has 1 aliphatic rings. The van der Waals surface area contributed by atoms with E-state index in [9.17, 15) is 4.79 Å².